The maximum atomic E-state index is 13.2. The van der Waals surface area contributed by atoms with Gasteiger partial charge in [0, 0.05) is 22.2 Å². The molecule has 31 heavy (non-hydrogen) atoms. The third-order valence-electron chi connectivity index (χ3n) is 5.11. The molecule has 1 aromatic carbocycles. The van der Waals surface area contributed by atoms with Crippen LogP contribution in [0, 0.1) is 0 Å². The number of amidine groups is 1. The van der Waals surface area contributed by atoms with Gasteiger partial charge in [-0.1, -0.05) is 29.3 Å². The topological polar surface area (TPSA) is 92.0 Å². The van der Waals surface area contributed by atoms with Crippen molar-refractivity contribution in [3.05, 3.63) is 58.1 Å². The van der Waals surface area contributed by atoms with Crippen molar-refractivity contribution in [1.29, 1.82) is 0 Å². The van der Waals surface area contributed by atoms with E-state index in [-0.39, 0.29) is 18.3 Å². The molecule has 2 aromatic heterocycles. The predicted molar refractivity (Wildman–Crippen MR) is 121 cm³/mol. The molecule has 8 nitrogen and oxygen atoms in total. The van der Waals surface area contributed by atoms with Gasteiger partial charge in [-0.05, 0) is 37.3 Å². The Balaban J connectivity index is 1.46. The molecule has 3 aromatic rings. The van der Waals surface area contributed by atoms with E-state index in [4.69, 9.17) is 23.2 Å². The zero-order valence-corrected chi connectivity index (χ0v) is 18.4. The molecule has 2 amide bonds. The van der Waals surface area contributed by atoms with Crippen molar-refractivity contribution in [2.75, 3.05) is 5.32 Å². The van der Waals surface area contributed by atoms with Gasteiger partial charge in [0.2, 0.25) is 4.96 Å². The summed E-state index contributed by atoms with van der Waals surface area (Å²) < 4.78 is 1.61. The van der Waals surface area contributed by atoms with E-state index in [0.29, 0.717) is 20.8 Å². The van der Waals surface area contributed by atoms with Crippen LogP contribution in [0.15, 0.2) is 53.0 Å². The van der Waals surface area contributed by atoms with Gasteiger partial charge in [0.15, 0.2) is 0 Å². The molecule has 0 radical (unpaired) electrons. The van der Waals surface area contributed by atoms with Gasteiger partial charge in [-0.2, -0.15) is 9.98 Å². The molecule has 0 saturated heterocycles. The van der Waals surface area contributed by atoms with E-state index in [1.807, 2.05) is 5.38 Å². The first-order valence-electron chi connectivity index (χ1n) is 9.22. The van der Waals surface area contributed by atoms with Gasteiger partial charge < -0.3 is 4.90 Å². The van der Waals surface area contributed by atoms with Crippen molar-refractivity contribution < 1.29 is 9.59 Å². The average Bonchev–Trinajstić information content (AvgIpc) is 3.28. The predicted octanol–water partition coefficient (Wildman–Crippen LogP) is 4.18. The van der Waals surface area contributed by atoms with Gasteiger partial charge in [-0.25, -0.2) is 4.52 Å². The van der Waals surface area contributed by atoms with Crippen LogP contribution in [0.4, 0.5) is 5.95 Å². The van der Waals surface area contributed by atoms with E-state index in [9.17, 15) is 9.59 Å². The number of nitrogens with zero attached hydrogens (tertiary/aromatic N) is 5. The number of aliphatic imine (C=N–C) groups is 1. The molecule has 5 rings (SSSR count). The zero-order chi connectivity index (χ0) is 21.8. The maximum absolute atomic E-state index is 13.2. The number of halogens is 2. The Morgan fingerprint density at radius 3 is 2.94 bits per heavy atom. The Kier molecular flexibility index (Phi) is 4.69. The Morgan fingerprint density at radius 1 is 1.29 bits per heavy atom. The standard InChI is InChI=1S/C20H14Cl2N6O2S/c1-20(9-16(29)23-15-4-2-3-7-27(15)20)17(30)24-18-25-19-28(26-18)14(10-31-19)12-6-5-11(21)8-13(12)22/h2-8,10H,9H2,1H3,(H,24,26,30). The molecule has 0 bridgehead atoms. The molecule has 2 aliphatic heterocycles. The van der Waals surface area contributed by atoms with Crippen molar-refractivity contribution in [3.63, 3.8) is 0 Å². The fraction of sp³-hybridized carbons (Fsp3) is 0.150. The lowest BCUT2D eigenvalue weighted by molar-refractivity contribution is -0.130. The lowest BCUT2D eigenvalue weighted by Crippen LogP contribution is -2.58. The highest BCUT2D eigenvalue weighted by molar-refractivity contribution is 7.15. The third kappa shape index (κ3) is 3.34. The lowest BCUT2D eigenvalue weighted by Gasteiger charge is -2.41. The lowest BCUT2D eigenvalue weighted by atomic mass is 9.91. The van der Waals surface area contributed by atoms with Gasteiger partial charge in [-0.3, -0.25) is 14.9 Å². The highest BCUT2D eigenvalue weighted by Gasteiger charge is 2.45. The molecule has 1 atom stereocenters. The Labute approximate surface area is 190 Å². The number of fused-ring (bicyclic) bond motifs is 2. The summed E-state index contributed by atoms with van der Waals surface area (Å²) in [5.74, 6) is -0.202. The summed E-state index contributed by atoms with van der Waals surface area (Å²) in [6.45, 7) is 1.69. The molecule has 0 aliphatic carbocycles. The van der Waals surface area contributed by atoms with Gasteiger partial charge >= 0.3 is 0 Å². The van der Waals surface area contributed by atoms with Crippen LogP contribution in [0.1, 0.15) is 13.3 Å². The molecule has 156 valence electrons. The number of anilines is 1. The summed E-state index contributed by atoms with van der Waals surface area (Å²) in [5.41, 5.74) is 0.319. The number of aromatic nitrogens is 3. The van der Waals surface area contributed by atoms with Crippen LogP contribution in [-0.2, 0) is 9.59 Å². The molecular weight excluding hydrogens is 459 g/mol. The molecule has 0 saturated carbocycles. The SMILES string of the molecule is CC1(C(=O)Nc2nc3scc(-c4ccc(Cl)cc4Cl)n3n2)CC(=O)N=C2C=CC=CN21. The van der Waals surface area contributed by atoms with Crippen LogP contribution < -0.4 is 5.32 Å². The van der Waals surface area contributed by atoms with Crippen LogP contribution >= 0.6 is 34.5 Å². The summed E-state index contributed by atoms with van der Waals surface area (Å²) in [6.07, 6.45) is 6.91. The van der Waals surface area contributed by atoms with Crippen molar-refractivity contribution in [2.24, 2.45) is 4.99 Å². The van der Waals surface area contributed by atoms with E-state index in [1.54, 1.807) is 59.0 Å². The number of thiazole rings is 1. The monoisotopic (exact) mass is 472 g/mol. The first kappa shape index (κ1) is 19.9. The van der Waals surface area contributed by atoms with E-state index >= 15 is 0 Å². The summed E-state index contributed by atoms with van der Waals surface area (Å²) in [4.78, 5) is 36.0. The van der Waals surface area contributed by atoms with Crippen LogP contribution in [0.2, 0.25) is 10.0 Å². The van der Waals surface area contributed by atoms with Crippen molar-refractivity contribution >= 4 is 63.1 Å². The minimum atomic E-state index is -1.16. The highest BCUT2D eigenvalue weighted by atomic mass is 35.5. The van der Waals surface area contributed by atoms with Gasteiger partial charge in [0.25, 0.3) is 17.8 Å². The fourth-order valence-corrected chi connectivity index (χ4v) is 4.86. The second-order valence-electron chi connectivity index (χ2n) is 7.21. The molecular formula is C20H14Cl2N6O2S. The Hall–Kier alpha value is -3.01. The Morgan fingerprint density at radius 2 is 2.13 bits per heavy atom. The van der Waals surface area contributed by atoms with Crippen molar-refractivity contribution in [2.45, 2.75) is 18.9 Å². The minimum absolute atomic E-state index is 0.0611. The minimum Gasteiger partial charge on any atom is -0.317 e. The largest absolute Gasteiger partial charge is 0.317 e. The van der Waals surface area contributed by atoms with E-state index in [2.05, 4.69) is 20.4 Å². The highest BCUT2D eigenvalue weighted by Crippen LogP contribution is 2.33. The summed E-state index contributed by atoms with van der Waals surface area (Å²) >= 11 is 13.7. The van der Waals surface area contributed by atoms with Crippen LogP contribution in [0.3, 0.4) is 0 Å². The molecule has 1 unspecified atom stereocenters. The Bertz CT molecular complexity index is 1340. The number of rotatable bonds is 3. The van der Waals surface area contributed by atoms with E-state index in [1.165, 1.54) is 11.3 Å². The van der Waals surface area contributed by atoms with Crippen LogP contribution in [0.5, 0.6) is 0 Å². The third-order valence-corrected chi connectivity index (χ3v) is 6.47. The van der Waals surface area contributed by atoms with Crippen molar-refractivity contribution in [1.82, 2.24) is 19.5 Å². The number of allylic oxidation sites excluding steroid dienone is 2. The number of hydrogen-bond donors (Lipinski definition) is 1. The number of nitrogens with one attached hydrogen (secondary N) is 1. The zero-order valence-electron chi connectivity index (χ0n) is 16.0. The van der Waals surface area contributed by atoms with Gasteiger partial charge in [0.1, 0.15) is 11.4 Å². The molecule has 2 aliphatic rings. The van der Waals surface area contributed by atoms with Gasteiger partial charge in [0.05, 0.1) is 17.1 Å². The first-order valence-corrected chi connectivity index (χ1v) is 10.9. The van der Waals surface area contributed by atoms with Crippen molar-refractivity contribution in [3.8, 4) is 11.3 Å². The molecule has 0 fully saturated rings. The fourth-order valence-electron chi connectivity index (χ4n) is 3.53. The second kappa shape index (κ2) is 7.30. The molecule has 11 heteroatoms. The van der Waals surface area contributed by atoms with E-state index in [0.717, 1.165) is 11.3 Å². The van der Waals surface area contributed by atoms with Crippen LogP contribution in [-0.4, -0.2) is 42.7 Å². The normalized spacial score (nSPS) is 20.2. The number of hydrogen-bond acceptors (Lipinski definition) is 6. The second-order valence-corrected chi connectivity index (χ2v) is 8.89. The number of carbonyl (C=O) groups excluding carboxylic acids is 2. The quantitative estimate of drug-likeness (QED) is 0.617. The molecule has 4 heterocycles. The smallest absolute Gasteiger partial charge is 0.253 e. The summed E-state index contributed by atoms with van der Waals surface area (Å²) in [5, 5.41) is 10.1. The number of benzene rings is 1. The molecule has 1 N–H and O–H groups in total. The summed E-state index contributed by atoms with van der Waals surface area (Å²) in [6, 6.07) is 5.20. The number of carbonyl (C=O) groups is 2. The van der Waals surface area contributed by atoms with E-state index < -0.39 is 11.4 Å². The maximum Gasteiger partial charge on any atom is 0.253 e. The number of amides is 2. The van der Waals surface area contributed by atoms with Crippen LogP contribution in [0.25, 0.3) is 16.2 Å². The summed E-state index contributed by atoms with van der Waals surface area (Å²) in [7, 11) is 0. The average molecular weight is 473 g/mol. The first-order chi connectivity index (χ1) is 14.8. The molecule has 0 spiro atoms. The van der Waals surface area contributed by atoms with Gasteiger partial charge in [-0.15, -0.1) is 16.4 Å².